The molecule has 3 heterocycles. The number of thioether (sulfide) groups is 2. The first-order valence-corrected chi connectivity index (χ1v) is 13.5. The monoisotopic (exact) mass is 512 g/mol. The number of carbonyl (C=O) groups excluding carboxylic acids is 2. The van der Waals surface area contributed by atoms with Crippen molar-refractivity contribution in [2.45, 2.75) is 34.5 Å². The first-order valence-electron chi connectivity index (χ1n) is 9.59. The van der Waals surface area contributed by atoms with E-state index in [-0.39, 0.29) is 24.0 Å². The fourth-order valence-electron chi connectivity index (χ4n) is 3.57. The second-order valence-corrected chi connectivity index (χ2v) is 12.4. The highest BCUT2D eigenvalue weighted by molar-refractivity contribution is 8.01. The van der Waals surface area contributed by atoms with Crippen LogP contribution in [-0.2, 0) is 25.4 Å². The maximum Gasteiger partial charge on any atom is 0.313 e. The summed E-state index contributed by atoms with van der Waals surface area (Å²) in [7, 11) is -1.83. The zero-order chi connectivity index (χ0) is 23.0. The summed E-state index contributed by atoms with van der Waals surface area (Å²) in [6.07, 6.45) is 0. The number of carboxylic acid groups (broad SMARTS) is 1. The zero-order valence-corrected chi connectivity index (χ0v) is 20.4. The Labute approximate surface area is 199 Å². The van der Waals surface area contributed by atoms with Crippen LogP contribution in [-0.4, -0.2) is 76.0 Å². The van der Waals surface area contributed by atoms with Gasteiger partial charge < -0.3 is 10.0 Å². The summed E-state index contributed by atoms with van der Waals surface area (Å²) in [5, 5.41) is 18.3. The Kier molecular flexibility index (Phi) is 6.61. The lowest BCUT2D eigenvalue weighted by Gasteiger charge is -2.55. The second-order valence-electron chi connectivity index (χ2n) is 7.48. The smallest absolute Gasteiger partial charge is 0.313 e. The summed E-state index contributed by atoms with van der Waals surface area (Å²) >= 11 is 4.02. The van der Waals surface area contributed by atoms with Crippen molar-refractivity contribution in [1.29, 1.82) is 0 Å². The van der Waals surface area contributed by atoms with E-state index in [1.165, 1.54) is 46.7 Å². The molecule has 2 aliphatic rings. The molecule has 2 fully saturated rings. The van der Waals surface area contributed by atoms with E-state index in [0.29, 0.717) is 9.24 Å². The largest absolute Gasteiger partial charge is 0.481 e. The molecule has 32 heavy (non-hydrogen) atoms. The first-order chi connectivity index (χ1) is 15.2. The van der Waals surface area contributed by atoms with E-state index in [0.717, 1.165) is 9.31 Å². The molecule has 2 amide bonds. The van der Waals surface area contributed by atoms with Crippen molar-refractivity contribution in [2.24, 2.45) is 5.41 Å². The molecule has 0 bridgehead atoms. The van der Waals surface area contributed by atoms with Gasteiger partial charge in [-0.3, -0.25) is 14.4 Å². The van der Waals surface area contributed by atoms with Gasteiger partial charge in [0.15, 0.2) is 21.4 Å². The van der Waals surface area contributed by atoms with E-state index in [2.05, 4.69) is 10.2 Å². The molecular formula is C19H20N4O5S4. The van der Waals surface area contributed by atoms with Crippen molar-refractivity contribution >= 4 is 63.6 Å². The fourth-order valence-corrected chi connectivity index (χ4v) is 8.63. The van der Waals surface area contributed by atoms with Crippen LogP contribution in [0.15, 0.2) is 39.6 Å². The van der Waals surface area contributed by atoms with Gasteiger partial charge in [-0.1, -0.05) is 41.3 Å². The van der Waals surface area contributed by atoms with Gasteiger partial charge >= 0.3 is 5.97 Å². The van der Waals surface area contributed by atoms with Gasteiger partial charge in [-0.2, -0.15) is 0 Å². The molecule has 4 rings (SSSR count). The molecule has 0 aliphatic carbocycles. The molecule has 0 saturated carbocycles. The lowest BCUT2D eigenvalue weighted by molar-refractivity contribution is -0.161. The molecule has 1 aromatic carbocycles. The molecule has 13 heteroatoms. The maximum atomic E-state index is 13.1. The molecule has 2 saturated heterocycles. The molecule has 1 N–H and O–H groups in total. The van der Waals surface area contributed by atoms with Crippen molar-refractivity contribution in [1.82, 2.24) is 19.4 Å². The maximum absolute atomic E-state index is 13.1. The molecule has 1 aromatic heterocycles. The summed E-state index contributed by atoms with van der Waals surface area (Å²) in [4.78, 5) is 39.5. The minimum absolute atomic E-state index is 0.0316. The number of aliphatic carboxylic acids is 1. The van der Waals surface area contributed by atoms with E-state index in [1.807, 2.05) is 6.92 Å². The third-order valence-electron chi connectivity index (χ3n) is 5.24. The molecule has 170 valence electrons. The number of fused-ring (bicyclic) bond motifs is 1. The van der Waals surface area contributed by atoms with E-state index >= 15 is 0 Å². The summed E-state index contributed by atoms with van der Waals surface area (Å²) in [5.74, 6) is -1.32. The van der Waals surface area contributed by atoms with Crippen LogP contribution < -0.4 is 0 Å². The summed E-state index contributed by atoms with van der Waals surface area (Å²) < 4.78 is 14.9. The molecule has 2 aliphatic heterocycles. The molecular weight excluding hydrogens is 493 g/mol. The van der Waals surface area contributed by atoms with Gasteiger partial charge in [0, 0.05) is 25.0 Å². The standard InChI is InChI=1S/C19H20N4O5S4/c1-11-20-21-18(31-11)30-10-19(17(26)27)8-22-15(25)14(16(22)29-9-19)23(12(2)24)32(28)13-6-4-3-5-7-13/h3-7,14,16H,8-10H2,1-2H3,(H,26,27)/t14?,16-,19?,32?/m1/s1. The van der Waals surface area contributed by atoms with Gasteiger partial charge in [-0.15, -0.1) is 22.0 Å². The number of carbonyl (C=O) groups is 3. The fraction of sp³-hybridized carbons (Fsp3) is 0.421. The van der Waals surface area contributed by atoms with Crippen molar-refractivity contribution in [3.8, 4) is 0 Å². The Morgan fingerprint density at radius 3 is 2.66 bits per heavy atom. The number of aryl methyl sites for hydroxylation is 1. The summed E-state index contributed by atoms with van der Waals surface area (Å²) in [6.45, 7) is 3.14. The van der Waals surface area contributed by atoms with Gasteiger partial charge in [0.25, 0.3) is 5.91 Å². The topological polar surface area (TPSA) is 121 Å². The van der Waals surface area contributed by atoms with Crippen LogP contribution in [0, 0.1) is 12.3 Å². The van der Waals surface area contributed by atoms with Gasteiger partial charge in [0.05, 0.1) is 4.90 Å². The Morgan fingerprint density at radius 2 is 2.06 bits per heavy atom. The Hall–Kier alpha value is -1.96. The minimum atomic E-state index is -1.83. The third-order valence-corrected chi connectivity index (χ3v) is 10.6. The number of nitrogens with zero attached hydrogens (tertiary/aromatic N) is 4. The molecule has 0 radical (unpaired) electrons. The Morgan fingerprint density at radius 1 is 1.34 bits per heavy atom. The minimum Gasteiger partial charge on any atom is -0.481 e. The highest BCUT2D eigenvalue weighted by atomic mass is 32.2. The van der Waals surface area contributed by atoms with Crippen LogP contribution in [0.1, 0.15) is 11.9 Å². The molecule has 2 aromatic rings. The number of β-lactam (4-membered cyclic amide) rings is 1. The predicted molar refractivity (Wildman–Crippen MR) is 123 cm³/mol. The highest BCUT2D eigenvalue weighted by Crippen LogP contribution is 2.46. The number of carboxylic acids is 1. The number of benzene rings is 1. The van der Waals surface area contributed by atoms with Crippen LogP contribution in [0.5, 0.6) is 0 Å². The number of rotatable bonds is 7. The van der Waals surface area contributed by atoms with Crippen molar-refractivity contribution in [3.05, 3.63) is 35.3 Å². The second kappa shape index (κ2) is 9.12. The highest BCUT2D eigenvalue weighted by Gasteiger charge is 2.60. The summed E-state index contributed by atoms with van der Waals surface area (Å²) in [5.41, 5.74) is -1.15. The van der Waals surface area contributed by atoms with Crippen LogP contribution in [0.2, 0.25) is 0 Å². The van der Waals surface area contributed by atoms with Crippen LogP contribution in [0.4, 0.5) is 0 Å². The van der Waals surface area contributed by atoms with E-state index < -0.39 is 39.7 Å². The van der Waals surface area contributed by atoms with E-state index in [1.54, 1.807) is 30.3 Å². The SMILES string of the molecule is CC(=O)N(C1C(=O)N2CC(CSc3nnc(C)s3)(C(=O)O)CS[C@H]12)S(=O)c1ccccc1. The normalized spacial score (nSPS) is 25.6. The number of hydrogen-bond acceptors (Lipinski definition) is 9. The number of amides is 2. The van der Waals surface area contributed by atoms with Crippen LogP contribution in [0.25, 0.3) is 0 Å². The average molecular weight is 513 g/mol. The predicted octanol–water partition coefficient (Wildman–Crippen LogP) is 1.86. The van der Waals surface area contributed by atoms with Crippen molar-refractivity contribution in [3.63, 3.8) is 0 Å². The van der Waals surface area contributed by atoms with Crippen LogP contribution in [0.3, 0.4) is 0 Å². The van der Waals surface area contributed by atoms with Gasteiger partial charge in [0.1, 0.15) is 15.8 Å². The average Bonchev–Trinajstić information content (AvgIpc) is 3.20. The molecule has 3 unspecified atom stereocenters. The molecule has 4 atom stereocenters. The van der Waals surface area contributed by atoms with Gasteiger partial charge in [0.2, 0.25) is 5.91 Å². The lowest BCUT2D eigenvalue weighted by atomic mass is 9.89. The Bertz CT molecular complexity index is 1080. The van der Waals surface area contributed by atoms with Gasteiger partial charge in [-0.25, -0.2) is 8.51 Å². The van der Waals surface area contributed by atoms with Crippen molar-refractivity contribution < 1.29 is 23.7 Å². The zero-order valence-electron chi connectivity index (χ0n) is 17.2. The first kappa shape index (κ1) is 23.2. The summed E-state index contributed by atoms with van der Waals surface area (Å²) in [6, 6.07) is 7.61. The van der Waals surface area contributed by atoms with E-state index in [9.17, 15) is 23.7 Å². The third kappa shape index (κ3) is 4.18. The van der Waals surface area contributed by atoms with Gasteiger partial charge in [-0.05, 0) is 19.1 Å². The van der Waals surface area contributed by atoms with Crippen molar-refractivity contribution in [2.75, 3.05) is 18.1 Å². The lowest BCUT2D eigenvalue weighted by Crippen LogP contribution is -2.74. The molecule has 9 nitrogen and oxygen atoms in total. The number of aromatic nitrogens is 2. The van der Waals surface area contributed by atoms with Crippen LogP contribution >= 0.6 is 34.9 Å². The van der Waals surface area contributed by atoms with E-state index in [4.69, 9.17) is 0 Å². The number of hydrogen-bond donors (Lipinski definition) is 1. The molecule has 0 spiro atoms. The quantitative estimate of drug-likeness (QED) is 0.438. The Balaban J connectivity index is 1.51.